The molecule has 0 amide bonds. The van der Waals surface area contributed by atoms with Gasteiger partial charge in [0.25, 0.3) is 0 Å². The minimum Gasteiger partial charge on any atom is -0.493 e. The molecule has 0 atom stereocenters. The van der Waals surface area contributed by atoms with Crippen molar-refractivity contribution in [3.63, 3.8) is 0 Å². The van der Waals surface area contributed by atoms with Crippen molar-refractivity contribution in [1.29, 1.82) is 0 Å². The van der Waals surface area contributed by atoms with Crippen LogP contribution in [0.3, 0.4) is 0 Å². The van der Waals surface area contributed by atoms with Gasteiger partial charge in [-0.3, -0.25) is 0 Å². The van der Waals surface area contributed by atoms with Gasteiger partial charge in [-0.25, -0.2) is 0 Å². The van der Waals surface area contributed by atoms with Crippen molar-refractivity contribution in [2.75, 3.05) is 20.3 Å². The molecule has 0 radical (unpaired) electrons. The third-order valence-corrected chi connectivity index (χ3v) is 5.16. The van der Waals surface area contributed by atoms with E-state index in [1.165, 1.54) is 51.4 Å². The molecule has 0 aliphatic rings. The number of hydrogen-bond acceptors (Lipinski definition) is 3. The summed E-state index contributed by atoms with van der Waals surface area (Å²) in [5.74, 6) is 2.56. The molecule has 0 aromatic heterocycles. The average molecular weight is 387 g/mol. The van der Waals surface area contributed by atoms with Gasteiger partial charge >= 0.3 is 0 Å². The largest absolute Gasteiger partial charge is 0.493 e. The standard InChI is InChI=1S/C25H38O3/c1-4-6-8-10-12-19-27-23-16-14-15-22-21(23)17-18-24(26-3)25(22)28-20-13-11-9-7-5-2/h14-18H,4-13,19-20H2,1-3H3. The monoisotopic (exact) mass is 386 g/mol. The SMILES string of the molecule is CCCCCCCOc1cccc2c(OCCCCCCC)c(OC)ccc12. The third-order valence-electron chi connectivity index (χ3n) is 5.16. The molecule has 3 heteroatoms. The van der Waals surface area contributed by atoms with Crippen LogP contribution in [0.25, 0.3) is 10.8 Å². The maximum atomic E-state index is 6.17. The maximum absolute atomic E-state index is 6.17. The number of rotatable bonds is 15. The summed E-state index contributed by atoms with van der Waals surface area (Å²) in [6.45, 7) is 5.97. The predicted octanol–water partition coefficient (Wildman–Crippen LogP) is 7.55. The molecule has 28 heavy (non-hydrogen) atoms. The van der Waals surface area contributed by atoms with E-state index in [9.17, 15) is 0 Å². The first-order valence-electron chi connectivity index (χ1n) is 11.2. The second kappa shape index (κ2) is 13.3. The molecule has 0 saturated carbocycles. The highest BCUT2D eigenvalue weighted by Gasteiger charge is 2.13. The van der Waals surface area contributed by atoms with Crippen LogP contribution in [0.1, 0.15) is 78.1 Å². The normalized spacial score (nSPS) is 11.0. The van der Waals surface area contributed by atoms with Crippen LogP contribution in [0.4, 0.5) is 0 Å². The predicted molar refractivity (Wildman–Crippen MR) is 119 cm³/mol. The van der Waals surface area contributed by atoms with E-state index in [1.54, 1.807) is 7.11 Å². The molecule has 2 aromatic carbocycles. The highest BCUT2D eigenvalue weighted by molar-refractivity contribution is 5.95. The molecule has 3 nitrogen and oxygen atoms in total. The zero-order valence-corrected chi connectivity index (χ0v) is 18.1. The van der Waals surface area contributed by atoms with Gasteiger partial charge in [0.2, 0.25) is 0 Å². The first kappa shape index (κ1) is 22.4. The van der Waals surface area contributed by atoms with E-state index in [1.807, 2.05) is 12.1 Å². The highest BCUT2D eigenvalue weighted by atomic mass is 16.5. The first-order valence-corrected chi connectivity index (χ1v) is 11.2. The molecular weight excluding hydrogens is 348 g/mol. The lowest BCUT2D eigenvalue weighted by molar-refractivity contribution is 0.288. The Hall–Kier alpha value is -1.90. The lowest BCUT2D eigenvalue weighted by Gasteiger charge is -2.16. The fraction of sp³-hybridized carbons (Fsp3) is 0.600. The Kier molecular flexibility index (Phi) is 10.6. The van der Waals surface area contributed by atoms with Crippen LogP contribution in [0.15, 0.2) is 30.3 Å². The quantitative estimate of drug-likeness (QED) is 0.296. The first-order chi connectivity index (χ1) is 13.8. The molecule has 0 spiro atoms. The zero-order chi connectivity index (χ0) is 20.0. The summed E-state index contributed by atoms with van der Waals surface area (Å²) >= 11 is 0. The van der Waals surface area contributed by atoms with Crippen LogP contribution < -0.4 is 14.2 Å². The smallest absolute Gasteiger partial charge is 0.169 e. The Balaban J connectivity index is 2.02. The van der Waals surface area contributed by atoms with Crippen molar-refractivity contribution in [2.45, 2.75) is 78.1 Å². The molecule has 0 N–H and O–H groups in total. The summed E-state index contributed by atoms with van der Waals surface area (Å²) in [5.41, 5.74) is 0. The van der Waals surface area contributed by atoms with E-state index < -0.39 is 0 Å². The minimum absolute atomic E-state index is 0.724. The minimum atomic E-state index is 0.724. The van der Waals surface area contributed by atoms with E-state index >= 15 is 0 Å². The molecule has 0 unspecified atom stereocenters. The second-order valence-corrected chi connectivity index (χ2v) is 7.47. The fourth-order valence-corrected chi connectivity index (χ4v) is 3.48. The van der Waals surface area contributed by atoms with E-state index in [4.69, 9.17) is 14.2 Å². The van der Waals surface area contributed by atoms with Gasteiger partial charge in [-0.15, -0.1) is 0 Å². The Morgan fingerprint density at radius 2 is 1.25 bits per heavy atom. The van der Waals surface area contributed by atoms with Gasteiger partial charge in [0.15, 0.2) is 11.5 Å². The van der Waals surface area contributed by atoms with E-state index in [2.05, 4.69) is 32.0 Å². The van der Waals surface area contributed by atoms with Gasteiger partial charge in [-0.05, 0) is 31.0 Å². The van der Waals surface area contributed by atoms with Crippen LogP contribution in [0.5, 0.6) is 17.2 Å². The number of hydrogen-bond donors (Lipinski definition) is 0. The summed E-state index contributed by atoms with van der Waals surface area (Å²) in [6.07, 6.45) is 12.4. The Labute approximate surface area is 171 Å². The summed E-state index contributed by atoms with van der Waals surface area (Å²) in [6, 6.07) is 10.3. The topological polar surface area (TPSA) is 27.7 Å². The molecule has 2 rings (SSSR count). The highest BCUT2D eigenvalue weighted by Crippen LogP contribution is 2.39. The molecule has 0 fully saturated rings. The molecule has 0 bridgehead atoms. The van der Waals surface area contributed by atoms with Gasteiger partial charge in [-0.1, -0.05) is 77.3 Å². The molecule has 0 aliphatic heterocycles. The van der Waals surface area contributed by atoms with Crippen LogP contribution in [0.2, 0.25) is 0 Å². The summed E-state index contributed by atoms with van der Waals surface area (Å²) in [7, 11) is 1.70. The molecule has 2 aromatic rings. The van der Waals surface area contributed by atoms with Gasteiger partial charge in [0.05, 0.1) is 20.3 Å². The van der Waals surface area contributed by atoms with Crippen LogP contribution in [-0.2, 0) is 0 Å². The number of unbranched alkanes of at least 4 members (excludes halogenated alkanes) is 8. The van der Waals surface area contributed by atoms with Crippen molar-refractivity contribution in [3.8, 4) is 17.2 Å². The van der Waals surface area contributed by atoms with Crippen molar-refractivity contribution in [1.82, 2.24) is 0 Å². The van der Waals surface area contributed by atoms with E-state index in [-0.39, 0.29) is 0 Å². The van der Waals surface area contributed by atoms with Crippen LogP contribution in [0, 0.1) is 0 Å². The van der Waals surface area contributed by atoms with Crippen molar-refractivity contribution in [3.05, 3.63) is 30.3 Å². The summed E-state index contributed by atoms with van der Waals surface area (Å²) in [4.78, 5) is 0. The number of ether oxygens (including phenoxy) is 3. The molecule has 156 valence electrons. The Bertz CT molecular complexity index is 681. The third kappa shape index (κ3) is 6.92. The van der Waals surface area contributed by atoms with Gasteiger partial charge in [-0.2, -0.15) is 0 Å². The number of benzene rings is 2. The van der Waals surface area contributed by atoms with E-state index in [0.717, 1.165) is 54.1 Å². The lowest BCUT2D eigenvalue weighted by Crippen LogP contribution is -2.01. The molecule has 0 aliphatic carbocycles. The summed E-state index contributed by atoms with van der Waals surface area (Å²) < 4.78 is 17.8. The average Bonchev–Trinajstić information content (AvgIpc) is 2.73. The molecular formula is C25H38O3. The van der Waals surface area contributed by atoms with Crippen molar-refractivity contribution < 1.29 is 14.2 Å². The van der Waals surface area contributed by atoms with Crippen molar-refractivity contribution >= 4 is 10.8 Å². The maximum Gasteiger partial charge on any atom is 0.169 e. The Morgan fingerprint density at radius 3 is 1.89 bits per heavy atom. The van der Waals surface area contributed by atoms with Gasteiger partial charge in [0, 0.05) is 10.8 Å². The van der Waals surface area contributed by atoms with Crippen LogP contribution >= 0.6 is 0 Å². The summed E-state index contributed by atoms with van der Waals surface area (Å²) in [5, 5.41) is 2.16. The van der Waals surface area contributed by atoms with E-state index in [0.29, 0.717) is 0 Å². The molecule has 0 saturated heterocycles. The van der Waals surface area contributed by atoms with Crippen molar-refractivity contribution in [2.24, 2.45) is 0 Å². The Morgan fingerprint density at radius 1 is 0.607 bits per heavy atom. The molecule has 0 heterocycles. The zero-order valence-electron chi connectivity index (χ0n) is 18.1. The van der Waals surface area contributed by atoms with Crippen LogP contribution in [-0.4, -0.2) is 20.3 Å². The van der Waals surface area contributed by atoms with Gasteiger partial charge in [0.1, 0.15) is 5.75 Å². The number of methoxy groups -OCH3 is 1. The number of fused-ring (bicyclic) bond motifs is 1. The lowest BCUT2D eigenvalue weighted by atomic mass is 10.1. The second-order valence-electron chi connectivity index (χ2n) is 7.47. The van der Waals surface area contributed by atoms with Gasteiger partial charge < -0.3 is 14.2 Å². The fourth-order valence-electron chi connectivity index (χ4n) is 3.48.